The number of hydrogen-bond acceptors (Lipinski definition) is 4. The Bertz CT molecular complexity index is 7890. The van der Waals surface area contributed by atoms with Gasteiger partial charge in [0.25, 0.3) is 6.71 Å². The summed E-state index contributed by atoms with van der Waals surface area (Å²) in [4.78, 5) is 4.68. The second-order valence-corrected chi connectivity index (χ2v) is 30.3. The van der Waals surface area contributed by atoms with Gasteiger partial charge in [-0.05, 0) is 169 Å². The molecule has 6 heterocycles. The van der Waals surface area contributed by atoms with Crippen molar-refractivity contribution in [2.45, 2.75) is 26.2 Å². The molecular weight excluding hydrogens is 1370 g/mol. The van der Waals surface area contributed by atoms with Crippen LogP contribution in [-0.4, -0.2) is 15.8 Å². The lowest BCUT2D eigenvalue weighted by atomic mass is 9.33. The maximum Gasteiger partial charge on any atom is 0.252 e. The molecule has 0 fully saturated rings. The van der Waals surface area contributed by atoms with Gasteiger partial charge in [0.05, 0.1) is 63.4 Å². The summed E-state index contributed by atoms with van der Waals surface area (Å²) >= 11 is 0. The van der Waals surface area contributed by atoms with E-state index in [1.54, 1.807) is 57.7 Å². The van der Waals surface area contributed by atoms with Crippen LogP contribution in [0.25, 0.3) is 166 Å². The first kappa shape index (κ1) is 51.8. The fraction of sp³-hybridized carbons (Fsp3) is 0.0377. The summed E-state index contributed by atoms with van der Waals surface area (Å²) in [6.07, 6.45) is 0. The van der Waals surface area contributed by atoms with E-state index in [0.717, 1.165) is 99.4 Å². The number of furan rings is 2. The van der Waals surface area contributed by atoms with Crippen LogP contribution in [0.5, 0.6) is 0 Å². The molecule has 0 saturated carbocycles. The van der Waals surface area contributed by atoms with Gasteiger partial charge < -0.3 is 27.8 Å². The minimum Gasteiger partial charge on any atom is -0.455 e. The Hall–Kier alpha value is -14.4. The smallest absolute Gasteiger partial charge is 0.252 e. The predicted octanol–water partition coefficient (Wildman–Crippen LogP) is 27.1. The molecule has 0 aliphatic carbocycles. The van der Waals surface area contributed by atoms with Crippen molar-refractivity contribution in [3.05, 3.63) is 381 Å². The fourth-order valence-electron chi connectivity index (χ4n) is 17.8. The Balaban J connectivity index is 0.929. The SMILES string of the molecule is [2H]c1c([2H])c([2H])c2c(c1[2H])c1c([2H])c(-c3ccccc3)c([2H])c([2H])c1n2-c1ccc2c(c1)N(c1c(-c3ccccc3)cc(-c3ccccc3)c3oc4ccccc4c13)c1cc(C(C)(C)C)cc3c1B2c1ccc(-n2c4c([2H])c([2H])c([2H])c([2H])c4c4c([2H])c(-c5ccccc5)c([2H])c([2H])c42)cc1N3c1c(-c2ccccc2)cc(-c2ccccc2)c2oc3ccccc3c12. The number of nitrogens with zero attached hydrogens (tertiary/aromatic N) is 4. The van der Waals surface area contributed by atoms with Crippen molar-refractivity contribution in [1.82, 2.24) is 9.13 Å². The largest absolute Gasteiger partial charge is 0.455 e. The van der Waals surface area contributed by atoms with Gasteiger partial charge in [0, 0.05) is 88.7 Å². The molecule has 0 N–H and O–H groups in total. The molecule has 0 spiro atoms. The molecular formula is C106H71BN4O2. The lowest BCUT2D eigenvalue weighted by Gasteiger charge is -2.46. The van der Waals surface area contributed by atoms with Crippen LogP contribution in [-0.2, 0) is 5.41 Å². The molecule has 2 aliphatic heterocycles. The van der Waals surface area contributed by atoms with Crippen LogP contribution in [0.4, 0.5) is 34.1 Å². The standard InChI is InChI=1S/C106H71BN4O2/c1-106(2,3)74-60-95-101-96(61-74)111(103-82(69-36-16-7-17-37-69)65-84(71-40-20-9-21-41-71)105-100(103)80-45-25-29-49-98(80)113-105)94-63-76(109-90-47-27-23-43-78(90)86-59-73(51-57-92(86)109)67-32-12-5-13-33-67)53-55-88(94)107(101)87-54-52-75(108-89-46-26-22-42-77(89)85-58-72(50-56-91(85)108)66-30-10-4-11-31-66)62-93(87)110(95)102-81(68-34-14-6-15-35-68)64-83(70-38-18-8-19-39-70)104-99(102)79-44-24-28-48-97(79)112-104/h4-65H,1-3H3/i22D,23D,26D,27D,42D,43D,46D,47D,50D,51D,56D,57D,58D,59D. The lowest BCUT2D eigenvalue weighted by molar-refractivity contribution is 0.590. The number of anilines is 6. The van der Waals surface area contributed by atoms with Crippen molar-refractivity contribution >= 4 is 145 Å². The first-order valence-electron chi connectivity index (χ1n) is 45.0. The molecule has 0 saturated heterocycles. The predicted molar refractivity (Wildman–Crippen MR) is 475 cm³/mol. The van der Waals surface area contributed by atoms with Gasteiger partial charge in [-0.15, -0.1) is 0 Å². The second-order valence-electron chi connectivity index (χ2n) is 30.3. The van der Waals surface area contributed by atoms with Gasteiger partial charge >= 0.3 is 0 Å². The third kappa shape index (κ3) is 9.94. The Labute approximate surface area is 673 Å². The molecule has 0 amide bonds. The molecule has 17 aromatic carbocycles. The number of hydrogen-bond donors (Lipinski definition) is 0. The van der Waals surface area contributed by atoms with Crippen molar-refractivity contribution in [1.29, 1.82) is 0 Å². The molecule has 0 atom stereocenters. The Morgan fingerprint density at radius 3 is 1.05 bits per heavy atom. The number of benzene rings is 17. The zero-order valence-electron chi connectivity index (χ0n) is 75.4. The molecule has 113 heavy (non-hydrogen) atoms. The van der Waals surface area contributed by atoms with Crippen molar-refractivity contribution in [3.63, 3.8) is 0 Å². The second kappa shape index (κ2) is 25.1. The molecule has 21 aromatic rings. The maximum atomic E-state index is 10.4. The van der Waals surface area contributed by atoms with E-state index in [0.29, 0.717) is 67.6 Å². The highest BCUT2D eigenvalue weighted by Gasteiger charge is 2.47. The summed E-state index contributed by atoms with van der Waals surface area (Å²) in [6, 6.07) is 90.6. The monoisotopic (exact) mass is 1460 g/mol. The van der Waals surface area contributed by atoms with Gasteiger partial charge in [-0.3, -0.25) is 0 Å². The molecule has 530 valence electrons. The first-order chi connectivity index (χ1) is 61.6. The number of para-hydroxylation sites is 4. The van der Waals surface area contributed by atoms with Gasteiger partial charge in [0.15, 0.2) is 0 Å². The van der Waals surface area contributed by atoms with Crippen molar-refractivity contribution in [3.8, 4) is 78.1 Å². The van der Waals surface area contributed by atoms with Gasteiger partial charge in [-0.25, -0.2) is 0 Å². The van der Waals surface area contributed by atoms with Gasteiger partial charge in [0.1, 0.15) is 22.3 Å². The highest BCUT2D eigenvalue weighted by Crippen LogP contribution is 2.58. The third-order valence-electron chi connectivity index (χ3n) is 22.9. The van der Waals surface area contributed by atoms with E-state index in [9.17, 15) is 19.2 Å². The zero-order chi connectivity index (χ0) is 86.9. The minimum absolute atomic E-state index is 0.00179. The average molecular weight is 1460 g/mol. The van der Waals surface area contributed by atoms with Gasteiger partial charge in [0.2, 0.25) is 0 Å². The van der Waals surface area contributed by atoms with Crippen LogP contribution in [0.3, 0.4) is 0 Å². The van der Waals surface area contributed by atoms with E-state index >= 15 is 0 Å². The maximum absolute atomic E-state index is 10.4. The Morgan fingerprint density at radius 2 is 0.655 bits per heavy atom. The van der Waals surface area contributed by atoms with Crippen LogP contribution in [0, 0.1) is 0 Å². The zero-order valence-corrected chi connectivity index (χ0v) is 61.4. The van der Waals surface area contributed by atoms with E-state index in [1.165, 1.54) is 0 Å². The Morgan fingerprint density at radius 1 is 0.301 bits per heavy atom. The van der Waals surface area contributed by atoms with Crippen LogP contribution < -0.4 is 26.2 Å². The molecule has 0 radical (unpaired) electrons. The number of aromatic nitrogens is 2. The summed E-state index contributed by atoms with van der Waals surface area (Å²) < 4.78 is 157. The molecule has 6 nitrogen and oxygen atoms in total. The van der Waals surface area contributed by atoms with Crippen LogP contribution in [0.2, 0.25) is 0 Å². The van der Waals surface area contributed by atoms with E-state index in [1.807, 2.05) is 146 Å². The minimum atomic E-state index is -0.800. The fourth-order valence-corrected chi connectivity index (χ4v) is 17.8. The van der Waals surface area contributed by atoms with E-state index in [-0.39, 0.29) is 91.0 Å². The third-order valence-corrected chi connectivity index (χ3v) is 22.9. The van der Waals surface area contributed by atoms with Gasteiger partial charge in [-0.2, -0.15) is 0 Å². The summed E-state index contributed by atoms with van der Waals surface area (Å²) in [7, 11) is 0. The first-order valence-corrected chi connectivity index (χ1v) is 38.0. The molecule has 4 aromatic heterocycles. The van der Waals surface area contributed by atoms with E-state index in [4.69, 9.17) is 8.83 Å². The highest BCUT2D eigenvalue weighted by molar-refractivity contribution is 7.00. The van der Waals surface area contributed by atoms with Crippen molar-refractivity contribution < 1.29 is 28.0 Å². The molecule has 2 aliphatic rings. The van der Waals surface area contributed by atoms with E-state index < -0.39 is 60.5 Å². The van der Waals surface area contributed by atoms with Crippen molar-refractivity contribution in [2.24, 2.45) is 0 Å². The average Bonchev–Trinajstić information content (AvgIpc) is 1.68. The van der Waals surface area contributed by atoms with Crippen LogP contribution >= 0.6 is 0 Å². The summed E-state index contributed by atoms with van der Waals surface area (Å²) in [5.74, 6) is 0. The number of rotatable bonds is 10. The summed E-state index contributed by atoms with van der Waals surface area (Å²) in [6.45, 7) is 5.77. The lowest BCUT2D eigenvalue weighted by Crippen LogP contribution is -2.61. The molecule has 23 rings (SSSR count). The highest BCUT2D eigenvalue weighted by atomic mass is 16.3. The van der Waals surface area contributed by atoms with E-state index in [2.05, 4.69) is 128 Å². The van der Waals surface area contributed by atoms with Crippen LogP contribution in [0.1, 0.15) is 45.5 Å². The van der Waals surface area contributed by atoms with Gasteiger partial charge in [-0.1, -0.05) is 300 Å². The quantitative estimate of drug-likeness (QED) is 0.128. The molecule has 7 heteroatoms. The molecule has 0 unspecified atom stereocenters. The molecule has 0 bridgehead atoms. The Kier molecular flexibility index (Phi) is 11.5. The number of fused-ring (bicyclic) bond motifs is 16. The summed E-state index contributed by atoms with van der Waals surface area (Å²) in [5.41, 5.74) is 17.7. The normalized spacial score (nSPS) is 14.4. The topological polar surface area (TPSA) is 42.6 Å². The van der Waals surface area contributed by atoms with Crippen molar-refractivity contribution in [2.75, 3.05) is 9.80 Å². The summed E-state index contributed by atoms with van der Waals surface area (Å²) in [5, 5.41) is 3.31. The van der Waals surface area contributed by atoms with Crippen LogP contribution in [0.15, 0.2) is 385 Å².